The smallest absolute Gasteiger partial charge is 0.253 e. The van der Waals surface area contributed by atoms with E-state index in [0.717, 1.165) is 11.1 Å². The van der Waals surface area contributed by atoms with Gasteiger partial charge in [-0.2, -0.15) is 0 Å². The van der Waals surface area contributed by atoms with Gasteiger partial charge >= 0.3 is 0 Å². The second-order valence-corrected chi connectivity index (χ2v) is 8.83. The van der Waals surface area contributed by atoms with Crippen LogP contribution in [0, 0.1) is 0 Å². The first-order valence-electron chi connectivity index (χ1n) is 10.7. The van der Waals surface area contributed by atoms with E-state index < -0.39 is 0 Å². The molecule has 178 valence electrons. The molecule has 0 radical (unpaired) electrons. The van der Waals surface area contributed by atoms with Gasteiger partial charge < -0.3 is 20.1 Å². The van der Waals surface area contributed by atoms with Crippen LogP contribution in [0.3, 0.4) is 0 Å². The largest absolute Gasteiger partial charge is 0.493 e. The van der Waals surface area contributed by atoms with E-state index in [1.807, 2.05) is 42.5 Å². The van der Waals surface area contributed by atoms with Crippen LogP contribution in [0.25, 0.3) is 0 Å². The standard InChI is InChI=1S/C26H27ClN2O4S/c1-32-23-12-9-18(15-24(23)33-2)13-14-28-26(31)21-5-3-4-6-22(21)29-25(30)17-34-16-19-7-10-20(27)11-8-19/h3-12,15H,13-14,16-17H2,1-2H3,(H,28,31)(H,29,30). The lowest BCUT2D eigenvalue weighted by atomic mass is 10.1. The highest BCUT2D eigenvalue weighted by Gasteiger charge is 2.13. The molecule has 0 aliphatic carbocycles. The molecule has 0 spiro atoms. The number of methoxy groups -OCH3 is 2. The molecule has 0 aromatic heterocycles. The maximum Gasteiger partial charge on any atom is 0.253 e. The molecule has 34 heavy (non-hydrogen) atoms. The minimum Gasteiger partial charge on any atom is -0.493 e. The Kier molecular flexibility index (Phi) is 9.67. The first kappa shape index (κ1) is 25.5. The maximum atomic E-state index is 12.8. The number of rotatable bonds is 11. The molecule has 8 heteroatoms. The molecule has 0 aliphatic rings. The van der Waals surface area contributed by atoms with Crippen LogP contribution in [0.4, 0.5) is 5.69 Å². The average Bonchev–Trinajstić information content (AvgIpc) is 2.85. The van der Waals surface area contributed by atoms with Gasteiger partial charge in [0.25, 0.3) is 5.91 Å². The van der Waals surface area contributed by atoms with E-state index in [4.69, 9.17) is 21.1 Å². The first-order chi connectivity index (χ1) is 16.5. The number of ether oxygens (including phenoxy) is 2. The van der Waals surface area contributed by atoms with Gasteiger partial charge in [0.1, 0.15) is 0 Å². The van der Waals surface area contributed by atoms with Crippen LogP contribution < -0.4 is 20.1 Å². The average molecular weight is 499 g/mol. The Morgan fingerprint density at radius 3 is 2.35 bits per heavy atom. The fourth-order valence-electron chi connectivity index (χ4n) is 3.27. The molecule has 0 fully saturated rings. The number of nitrogens with one attached hydrogen (secondary N) is 2. The Hall–Kier alpha value is -3.16. The predicted octanol–water partition coefficient (Wildman–Crippen LogP) is 5.20. The minimum absolute atomic E-state index is 0.162. The molecular formula is C26H27ClN2O4S. The van der Waals surface area contributed by atoms with Gasteiger partial charge in [-0.15, -0.1) is 11.8 Å². The van der Waals surface area contributed by atoms with E-state index >= 15 is 0 Å². The van der Waals surface area contributed by atoms with Gasteiger partial charge in [-0.05, 0) is 53.9 Å². The second kappa shape index (κ2) is 12.9. The molecule has 0 unspecified atom stereocenters. The summed E-state index contributed by atoms with van der Waals surface area (Å²) in [6.45, 7) is 0.438. The molecule has 3 aromatic carbocycles. The number of hydrogen-bond donors (Lipinski definition) is 2. The van der Waals surface area contributed by atoms with Crippen LogP contribution in [0.2, 0.25) is 5.02 Å². The summed E-state index contributed by atoms with van der Waals surface area (Å²) in [4.78, 5) is 25.2. The zero-order chi connectivity index (χ0) is 24.3. The van der Waals surface area contributed by atoms with Crippen LogP contribution in [-0.2, 0) is 17.0 Å². The topological polar surface area (TPSA) is 76.7 Å². The normalized spacial score (nSPS) is 10.4. The summed E-state index contributed by atoms with van der Waals surface area (Å²) >= 11 is 7.40. The summed E-state index contributed by atoms with van der Waals surface area (Å²) in [6, 6.07) is 20.2. The van der Waals surface area contributed by atoms with Crippen LogP contribution >= 0.6 is 23.4 Å². The summed E-state index contributed by atoms with van der Waals surface area (Å²) in [5.41, 5.74) is 3.02. The van der Waals surface area contributed by atoms with Crippen molar-refractivity contribution in [3.05, 3.63) is 88.4 Å². The number of halogens is 1. The lowest BCUT2D eigenvalue weighted by Crippen LogP contribution is -2.27. The van der Waals surface area contributed by atoms with Gasteiger partial charge in [0, 0.05) is 17.3 Å². The highest BCUT2D eigenvalue weighted by molar-refractivity contribution is 7.99. The monoisotopic (exact) mass is 498 g/mol. The van der Waals surface area contributed by atoms with Gasteiger partial charge in [-0.3, -0.25) is 9.59 Å². The van der Waals surface area contributed by atoms with Crippen molar-refractivity contribution in [2.45, 2.75) is 12.2 Å². The molecule has 0 saturated carbocycles. The zero-order valence-corrected chi connectivity index (χ0v) is 20.7. The van der Waals surface area contributed by atoms with E-state index in [1.165, 1.54) is 11.8 Å². The number of para-hydroxylation sites is 1. The molecule has 2 N–H and O–H groups in total. The van der Waals surface area contributed by atoms with Crippen LogP contribution in [0.15, 0.2) is 66.7 Å². The Morgan fingerprint density at radius 1 is 0.912 bits per heavy atom. The highest BCUT2D eigenvalue weighted by atomic mass is 35.5. The van der Waals surface area contributed by atoms with Gasteiger partial charge in [0.15, 0.2) is 11.5 Å². The molecule has 6 nitrogen and oxygen atoms in total. The molecule has 0 bridgehead atoms. The van der Waals surface area contributed by atoms with Gasteiger partial charge in [-0.25, -0.2) is 0 Å². The molecule has 0 heterocycles. The fourth-order valence-corrected chi connectivity index (χ4v) is 4.18. The van der Waals surface area contributed by atoms with E-state index in [9.17, 15) is 9.59 Å². The molecule has 3 aromatic rings. The van der Waals surface area contributed by atoms with Crippen LogP contribution in [0.1, 0.15) is 21.5 Å². The summed E-state index contributed by atoms with van der Waals surface area (Å²) < 4.78 is 10.6. The van der Waals surface area contributed by atoms with Crippen molar-refractivity contribution in [3.63, 3.8) is 0 Å². The fraction of sp³-hybridized carbons (Fsp3) is 0.231. The third-order valence-corrected chi connectivity index (χ3v) is 6.26. The zero-order valence-electron chi connectivity index (χ0n) is 19.1. The van der Waals surface area contributed by atoms with Crippen molar-refractivity contribution in [2.24, 2.45) is 0 Å². The minimum atomic E-state index is -0.245. The number of thioether (sulfide) groups is 1. The number of amides is 2. The number of carbonyl (C=O) groups is 2. The van der Waals surface area contributed by atoms with E-state index in [-0.39, 0.29) is 17.6 Å². The van der Waals surface area contributed by atoms with Crippen molar-refractivity contribution >= 4 is 40.9 Å². The quantitative estimate of drug-likeness (QED) is 0.380. The number of anilines is 1. The Morgan fingerprint density at radius 2 is 1.62 bits per heavy atom. The van der Waals surface area contributed by atoms with Crippen LogP contribution in [0.5, 0.6) is 11.5 Å². The first-order valence-corrected chi connectivity index (χ1v) is 12.2. The number of benzene rings is 3. The lowest BCUT2D eigenvalue weighted by Gasteiger charge is -2.12. The molecular weight excluding hydrogens is 472 g/mol. The number of carbonyl (C=O) groups excluding carboxylic acids is 2. The van der Waals surface area contributed by atoms with Crippen molar-refractivity contribution in [3.8, 4) is 11.5 Å². The Bertz CT molecular complexity index is 1120. The van der Waals surface area contributed by atoms with E-state index in [1.54, 1.807) is 38.5 Å². The van der Waals surface area contributed by atoms with Crippen LogP contribution in [-0.4, -0.2) is 38.3 Å². The van der Waals surface area contributed by atoms with Crippen molar-refractivity contribution < 1.29 is 19.1 Å². The van der Waals surface area contributed by atoms with Gasteiger partial charge in [0.05, 0.1) is 31.2 Å². The van der Waals surface area contributed by atoms with Crippen molar-refractivity contribution in [2.75, 3.05) is 31.8 Å². The lowest BCUT2D eigenvalue weighted by molar-refractivity contribution is -0.113. The van der Waals surface area contributed by atoms with Gasteiger partial charge in [-0.1, -0.05) is 41.9 Å². The highest BCUT2D eigenvalue weighted by Crippen LogP contribution is 2.27. The third kappa shape index (κ3) is 7.43. The summed E-state index contributed by atoms with van der Waals surface area (Å²) in [7, 11) is 3.18. The van der Waals surface area contributed by atoms with Crippen molar-refractivity contribution in [1.29, 1.82) is 0 Å². The molecule has 0 saturated heterocycles. The number of hydrogen-bond acceptors (Lipinski definition) is 5. The Balaban J connectivity index is 1.51. The molecule has 3 rings (SSSR count). The van der Waals surface area contributed by atoms with E-state index in [2.05, 4.69) is 10.6 Å². The molecule has 0 atom stereocenters. The Labute approximate surface area is 209 Å². The maximum absolute atomic E-state index is 12.8. The van der Waals surface area contributed by atoms with Crippen molar-refractivity contribution in [1.82, 2.24) is 5.32 Å². The second-order valence-electron chi connectivity index (χ2n) is 7.41. The molecule has 0 aliphatic heterocycles. The summed E-state index contributed by atoms with van der Waals surface area (Å²) in [6.07, 6.45) is 0.627. The predicted molar refractivity (Wildman–Crippen MR) is 138 cm³/mol. The summed E-state index contributed by atoms with van der Waals surface area (Å²) in [5, 5.41) is 6.45. The van der Waals surface area contributed by atoms with E-state index in [0.29, 0.717) is 46.5 Å². The van der Waals surface area contributed by atoms with Gasteiger partial charge in [0.2, 0.25) is 5.91 Å². The third-order valence-electron chi connectivity index (χ3n) is 5.01. The molecule has 2 amide bonds. The summed E-state index contributed by atoms with van der Waals surface area (Å²) in [5.74, 6) is 1.87. The SMILES string of the molecule is COc1ccc(CCNC(=O)c2ccccc2NC(=O)CSCc2ccc(Cl)cc2)cc1OC.